The van der Waals surface area contributed by atoms with E-state index in [-0.39, 0.29) is 0 Å². The average molecular weight is 302 g/mol. The number of halogens is 2. The van der Waals surface area contributed by atoms with Crippen LogP contribution in [0.1, 0.15) is 6.92 Å². The highest BCUT2D eigenvalue weighted by Crippen LogP contribution is 2.32. The van der Waals surface area contributed by atoms with Gasteiger partial charge in [0.05, 0.1) is 28.9 Å². The molecule has 8 heteroatoms. The first-order valence-electron chi connectivity index (χ1n) is 5.72. The molecular weight excluding hydrogens is 289 g/mol. The molecule has 0 radical (unpaired) electrons. The molecule has 19 heavy (non-hydrogen) atoms. The van der Waals surface area contributed by atoms with Gasteiger partial charge in [-0.3, -0.25) is 0 Å². The molecule has 0 aliphatic rings. The summed E-state index contributed by atoms with van der Waals surface area (Å²) in [6.45, 7) is 3.67. The lowest BCUT2D eigenvalue weighted by atomic mass is 10.2. The summed E-state index contributed by atoms with van der Waals surface area (Å²) < 4.78 is 6.91. The summed E-state index contributed by atoms with van der Waals surface area (Å²) in [4.78, 5) is 0. The van der Waals surface area contributed by atoms with Crippen LogP contribution in [0.25, 0.3) is 11.4 Å². The molecule has 0 saturated carbocycles. The van der Waals surface area contributed by atoms with Crippen LogP contribution in [0.5, 0.6) is 0 Å². The summed E-state index contributed by atoms with van der Waals surface area (Å²) in [5.41, 5.74) is 6.89. The Labute approximate surface area is 120 Å². The number of benzene rings is 1. The van der Waals surface area contributed by atoms with Gasteiger partial charge in [0.25, 0.3) is 0 Å². The van der Waals surface area contributed by atoms with E-state index >= 15 is 0 Å². The van der Waals surface area contributed by atoms with Crippen LogP contribution < -0.4 is 5.73 Å². The minimum absolute atomic E-state index is 0.332. The Bertz CT molecular complexity index is 549. The van der Waals surface area contributed by atoms with Gasteiger partial charge in [-0.15, -0.1) is 5.10 Å². The summed E-state index contributed by atoms with van der Waals surface area (Å²) in [6.07, 6.45) is 0. The zero-order chi connectivity index (χ0) is 13.8. The molecule has 0 spiro atoms. The topological polar surface area (TPSA) is 78.8 Å². The van der Waals surface area contributed by atoms with Crippen molar-refractivity contribution in [2.45, 2.75) is 13.5 Å². The Hall–Kier alpha value is -1.37. The Balaban J connectivity index is 2.29. The van der Waals surface area contributed by atoms with E-state index in [1.807, 2.05) is 6.92 Å². The van der Waals surface area contributed by atoms with Crippen molar-refractivity contribution < 1.29 is 4.74 Å². The third-order valence-electron chi connectivity index (χ3n) is 2.50. The van der Waals surface area contributed by atoms with Crippen LogP contribution in [0.15, 0.2) is 12.1 Å². The molecule has 1 aromatic carbocycles. The molecule has 2 rings (SSSR count). The lowest BCUT2D eigenvalue weighted by Gasteiger charge is -2.07. The summed E-state index contributed by atoms with van der Waals surface area (Å²) in [5, 5.41) is 12.2. The van der Waals surface area contributed by atoms with Gasteiger partial charge in [0.15, 0.2) is 5.82 Å². The largest absolute Gasteiger partial charge is 0.397 e. The Morgan fingerprint density at radius 1 is 1.37 bits per heavy atom. The van der Waals surface area contributed by atoms with Crippen molar-refractivity contribution in [1.82, 2.24) is 20.2 Å². The zero-order valence-corrected chi connectivity index (χ0v) is 11.8. The standard InChI is InChI=1S/C11H13Cl2N5O/c1-2-19-4-3-18-11(15-16-17-18)7-5-8(12)10(13)9(14)6-7/h5-6H,2-4,14H2,1H3. The van der Waals surface area contributed by atoms with Gasteiger partial charge < -0.3 is 10.5 Å². The first kappa shape index (κ1) is 14.0. The smallest absolute Gasteiger partial charge is 0.182 e. The fourth-order valence-corrected chi connectivity index (χ4v) is 1.93. The average Bonchev–Trinajstić information content (AvgIpc) is 2.84. The number of nitrogen functional groups attached to an aromatic ring is 1. The molecule has 0 saturated heterocycles. The van der Waals surface area contributed by atoms with Crippen LogP contribution in [-0.2, 0) is 11.3 Å². The summed E-state index contributed by atoms with van der Waals surface area (Å²) in [6, 6.07) is 3.38. The van der Waals surface area contributed by atoms with E-state index in [0.717, 1.165) is 0 Å². The van der Waals surface area contributed by atoms with Gasteiger partial charge in [-0.2, -0.15) is 0 Å². The molecule has 102 valence electrons. The number of nitrogens with zero attached hydrogens (tertiary/aromatic N) is 4. The van der Waals surface area contributed by atoms with Crippen molar-refractivity contribution >= 4 is 28.9 Å². The highest BCUT2D eigenvalue weighted by molar-refractivity contribution is 6.43. The van der Waals surface area contributed by atoms with Crippen LogP contribution in [0.2, 0.25) is 10.0 Å². The molecule has 2 N–H and O–H groups in total. The number of anilines is 1. The Morgan fingerprint density at radius 2 is 2.16 bits per heavy atom. The predicted molar refractivity (Wildman–Crippen MR) is 74.2 cm³/mol. The van der Waals surface area contributed by atoms with E-state index < -0.39 is 0 Å². The van der Waals surface area contributed by atoms with Crippen LogP contribution in [-0.4, -0.2) is 33.4 Å². The van der Waals surface area contributed by atoms with Crippen molar-refractivity contribution in [2.75, 3.05) is 18.9 Å². The van der Waals surface area contributed by atoms with Gasteiger partial charge in [0.1, 0.15) is 0 Å². The number of rotatable bonds is 5. The monoisotopic (exact) mass is 301 g/mol. The van der Waals surface area contributed by atoms with Gasteiger partial charge >= 0.3 is 0 Å². The Morgan fingerprint density at radius 3 is 2.84 bits per heavy atom. The minimum Gasteiger partial charge on any atom is -0.397 e. The lowest BCUT2D eigenvalue weighted by Crippen LogP contribution is -2.09. The van der Waals surface area contributed by atoms with Crippen molar-refractivity contribution in [3.05, 3.63) is 22.2 Å². The number of aromatic nitrogens is 4. The van der Waals surface area contributed by atoms with E-state index in [9.17, 15) is 0 Å². The molecule has 0 aliphatic heterocycles. The maximum absolute atomic E-state index is 6.00. The summed E-state index contributed by atoms with van der Waals surface area (Å²) >= 11 is 11.9. The number of tetrazole rings is 1. The van der Waals surface area contributed by atoms with Crippen molar-refractivity contribution in [3.8, 4) is 11.4 Å². The minimum atomic E-state index is 0.332. The molecular formula is C11H13Cl2N5O. The number of hydrogen-bond donors (Lipinski definition) is 1. The van der Waals surface area contributed by atoms with E-state index in [1.54, 1.807) is 16.8 Å². The first-order chi connectivity index (χ1) is 9.13. The van der Waals surface area contributed by atoms with Gasteiger partial charge in [-0.25, -0.2) is 4.68 Å². The molecule has 6 nitrogen and oxygen atoms in total. The van der Waals surface area contributed by atoms with E-state index in [2.05, 4.69) is 15.5 Å². The molecule has 1 aromatic heterocycles. The van der Waals surface area contributed by atoms with E-state index in [4.69, 9.17) is 33.7 Å². The fourth-order valence-electron chi connectivity index (χ4n) is 1.60. The van der Waals surface area contributed by atoms with Crippen LogP contribution in [0, 0.1) is 0 Å². The second-order valence-electron chi connectivity index (χ2n) is 3.78. The number of nitrogens with two attached hydrogens (primary N) is 1. The highest BCUT2D eigenvalue weighted by atomic mass is 35.5. The van der Waals surface area contributed by atoms with Gasteiger partial charge in [-0.05, 0) is 29.5 Å². The quantitative estimate of drug-likeness (QED) is 0.677. The molecule has 0 atom stereocenters. The lowest BCUT2D eigenvalue weighted by molar-refractivity contribution is 0.136. The summed E-state index contributed by atoms with van der Waals surface area (Å²) in [7, 11) is 0. The number of ether oxygens (including phenoxy) is 1. The molecule has 0 fully saturated rings. The first-order valence-corrected chi connectivity index (χ1v) is 6.48. The fraction of sp³-hybridized carbons (Fsp3) is 0.364. The zero-order valence-electron chi connectivity index (χ0n) is 10.3. The molecule has 0 bridgehead atoms. The second-order valence-corrected chi connectivity index (χ2v) is 4.57. The van der Waals surface area contributed by atoms with Crippen molar-refractivity contribution in [2.24, 2.45) is 0 Å². The molecule has 0 aliphatic carbocycles. The molecule has 0 unspecified atom stereocenters. The second kappa shape index (κ2) is 6.18. The third-order valence-corrected chi connectivity index (χ3v) is 3.31. The van der Waals surface area contributed by atoms with Crippen molar-refractivity contribution in [3.63, 3.8) is 0 Å². The van der Waals surface area contributed by atoms with Gasteiger partial charge in [0, 0.05) is 12.2 Å². The Kier molecular flexibility index (Phi) is 4.57. The highest BCUT2D eigenvalue weighted by Gasteiger charge is 2.12. The molecule has 2 aromatic rings. The van der Waals surface area contributed by atoms with E-state index in [1.165, 1.54) is 0 Å². The van der Waals surface area contributed by atoms with Gasteiger partial charge in [0.2, 0.25) is 0 Å². The third kappa shape index (κ3) is 3.15. The van der Waals surface area contributed by atoms with Crippen LogP contribution in [0.3, 0.4) is 0 Å². The maximum atomic E-state index is 6.00. The van der Waals surface area contributed by atoms with Crippen LogP contribution >= 0.6 is 23.2 Å². The van der Waals surface area contributed by atoms with Gasteiger partial charge in [-0.1, -0.05) is 23.2 Å². The summed E-state index contributed by atoms with van der Waals surface area (Å²) in [5.74, 6) is 0.574. The van der Waals surface area contributed by atoms with Crippen molar-refractivity contribution in [1.29, 1.82) is 0 Å². The number of hydrogen-bond acceptors (Lipinski definition) is 5. The molecule has 1 heterocycles. The SMILES string of the molecule is CCOCCn1nnnc1-c1cc(N)c(Cl)c(Cl)c1. The maximum Gasteiger partial charge on any atom is 0.182 e. The predicted octanol–water partition coefficient (Wildman–Crippen LogP) is 2.27. The normalized spacial score (nSPS) is 10.9. The molecule has 0 amide bonds. The van der Waals surface area contributed by atoms with Crippen LogP contribution in [0.4, 0.5) is 5.69 Å². The van der Waals surface area contributed by atoms with E-state index in [0.29, 0.717) is 46.9 Å².